The molecule has 0 bridgehead atoms. The van der Waals surface area contributed by atoms with Crippen LogP contribution in [0.1, 0.15) is 6.42 Å². The molecule has 5 nitrogen and oxygen atoms in total. The summed E-state index contributed by atoms with van der Waals surface area (Å²) in [5.41, 5.74) is 5.71. The number of urea groups is 1. The van der Waals surface area contributed by atoms with E-state index in [1.807, 2.05) is 0 Å². The summed E-state index contributed by atoms with van der Waals surface area (Å²) in [5.74, 6) is -0.341. The molecule has 20 heavy (non-hydrogen) atoms. The number of rotatable bonds is 5. The van der Waals surface area contributed by atoms with Gasteiger partial charge in [0.15, 0.2) is 0 Å². The Kier molecular flexibility index (Phi) is 5.63. The van der Waals surface area contributed by atoms with Crippen LogP contribution in [0.3, 0.4) is 0 Å². The molecule has 2 amide bonds. The lowest BCUT2D eigenvalue weighted by Crippen LogP contribution is -2.32. The maximum atomic E-state index is 12.0. The summed E-state index contributed by atoms with van der Waals surface area (Å²) in [6.07, 6.45) is -4.06. The third-order valence-corrected chi connectivity index (χ3v) is 2.38. The SMILES string of the molecule is CN(CCCN)C(=O)Nc1ccc(OC(F)(F)F)cc1. The fraction of sp³-hybridized carbons (Fsp3) is 0.417. The first-order valence-electron chi connectivity index (χ1n) is 5.90. The number of carbonyl (C=O) groups is 1. The Labute approximate surface area is 114 Å². The highest BCUT2D eigenvalue weighted by Crippen LogP contribution is 2.23. The van der Waals surface area contributed by atoms with Gasteiger partial charge in [-0.05, 0) is 37.2 Å². The van der Waals surface area contributed by atoms with Crippen molar-refractivity contribution >= 4 is 11.7 Å². The molecule has 1 aromatic rings. The van der Waals surface area contributed by atoms with E-state index in [0.717, 1.165) is 12.1 Å². The second-order valence-electron chi connectivity index (χ2n) is 4.07. The van der Waals surface area contributed by atoms with Crippen LogP contribution in [0.4, 0.5) is 23.7 Å². The Morgan fingerprint density at radius 2 is 1.95 bits per heavy atom. The van der Waals surface area contributed by atoms with Crippen LogP contribution < -0.4 is 15.8 Å². The lowest BCUT2D eigenvalue weighted by molar-refractivity contribution is -0.274. The predicted octanol–water partition coefficient (Wildman–Crippen LogP) is 2.40. The van der Waals surface area contributed by atoms with Crippen molar-refractivity contribution in [3.63, 3.8) is 0 Å². The molecule has 0 aliphatic rings. The Bertz CT molecular complexity index is 435. The number of nitrogens with zero attached hydrogens (tertiary/aromatic N) is 1. The zero-order valence-electron chi connectivity index (χ0n) is 10.9. The van der Waals surface area contributed by atoms with Crippen molar-refractivity contribution in [2.75, 3.05) is 25.5 Å². The molecule has 1 rings (SSSR count). The summed E-state index contributed by atoms with van der Waals surface area (Å²) in [6.45, 7) is 0.971. The van der Waals surface area contributed by atoms with E-state index in [-0.39, 0.29) is 11.8 Å². The fourth-order valence-corrected chi connectivity index (χ4v) is 1.39. The first kappa shape index (κ1) is 16.1. The van der Waals surface area contributed by atoms with Crippen LogP contribution in [0.2, 0.25) is 0 Å². The topological polar surface area (TPSA) is 67.6 Å². The van der Waals surface area contributed by atoms with Gasteiger partial charge in [-0.15, -0.1) is 13.2 Å². The van der Waals surface area contributed by atoms with E-state index >= 15 is 0 Å². The number of hydrogen-bond donors (Lipinski definition) is 2. The Hall–Kier alpha value is -1.96. The van der Waals surface area contributed by atoms with Gasteiger partial charge in [0.2, 0.25) is 0 Å². The van der Waals surface area contributed by atoms with Gasteiger partial charge in [0.25, 0.3) is 0 Å². The molecule has 112 valence electrons. The van der Waals surface area contributed by atoms with Gasteiger partial charge in [-0.2, -0.15) is 0 Å². The molecule has 0 unspecified atom stereocenters. The van der Waals surface area contributed by atoms with Crippen molar-refractivity contribution in [3.8, 4) is 5.75 Å². The molecule has 0 fully saturated rings. The zero-order chi connectivity index (χ0) is 15.2. The predicted molar refractivity (Wildman–Crippen MR) is 68.4 cm³/mol. The van der Waals surface area contributed by atoms with Crippen LogP contribution >= 0.6 is 0 Å². The first-order chi connectivity index (χ1) is 9.31. The van der Waals surface area contributed by atoms with Gasteiger partial charge < -0.3 is 20.7 Å². The lowest BCUT2D eigenvalue weighted by Gasteiger charge is -2.17. The van der Waals surface area contributed by atoms with Crippen LogP contribution in [0.25, 0.3) is 0 Å². The molecule has 0 aromatic heterocycles. The molecule has 0 atom stereocenters. The summed E-state index contributed by atoms with van der Waals surface area (Å²) in [7, 11) is 1.60. The molecule has 0 saturated carbocycles. The Morgan fingerprint density at radius 3 is 2.45 bits per heavy atom. The van der Waals surface area contributed by atoms with Crippen molar-refractivity contribution in [1.82, 2.24) is 4.90 Å². The molecule has 8 heteroatoms. The molecule has 3 N–H and O–H groups in total. The first-order valence-corrected chi connectivity index (χ1v) is 5.90. The number of nitrogens with one attached hydrogen (secondary N) is 1. The number of benzene rings is 1. The molecule has 0 spiro atoms. The van der Waals surface area contributed by atoms with Gasteiger partial charge in [0, 0.05) is 19.3 Å². The van der Waals surface area contributed by atoms with Crippen LogP contribution in [-0.4, -0.2) is 37.4 Å². The second-order valence-corrected chi connectivity index (χ2v) is 4.07. The van der Waals surface area contributed by atoms with E-state index in [1.54, 1.807) is 7.05 Å². The van der Waals surface area contributed by atoms with Crippen LogP contribution in [0.15, 0.2) is 24.3 Å². The van der Waals surface area contributed by atoms with Gasteiger partial charge in [0.1, 0.15) is 5.75 Å². The third kappa shape index (κ3) is 5.79. The van der Waals surface area contributed by atoms with E-state index in [9.17, 15) is 18.0 Å². The standard InChI is InChI=1S/C12H16F3N3O2/c1-18(8-2-7-16)11(19)17-9-3-5-10(6-4-9)20-12(13,14)15/h3-6H,2,7-8,16H2,1H3,(H,17,19). The number of hydrogen-bond acceptors (Lipinski definition) is 3. The van der Waals surface area contributed by atoms with Crippen LogP contribution in [0, 0.1) is 0 Å². The number of alkyl halides is 3. The van der Waals surface area contributed by atoms with E-state index in [1.165, 1.54) is 17.0 Å². The summed E-state index contributed by atoms with van der Waals surface area (Å²) >= 11 is 0. The van der Waals surface area contributed by atoms with E-state index in [4.69, 9.17) is 5.73 Å². The third-order valence-electron chi connectivity index (χ3n) is 2.38. The molecular formula is C12H16F3N3O2. The molecule has 1 aromatic carbocycles. The Balaban J connectivity index is 2.55. The van der Waals surface area contributed by atoms with Crippen molar-refractivity contribution in [2.24, 2.45) is 5.73 Å². The minimum Gasteiger partial charge on any atom is -0.406 e. The highest BCUT2D eigenvalue weighted by atomic mass is 19.4. The second kappa shape index (κ2) is 6.99. The van der Waals surface area contributed by atoms with Crippen molar-refractivity contribution in [1.29, 1.82) is 0 Å². The molecular weight excluding hydrogens is 275 g/mol. The Morgan fingerprint density at radius 1 is 1.35 bits per heavy atom. The number of amides is 2. The monoisotopic (exact) mass is 291 g/mol. The number of halogens is 3. The van der Waals surface area contributed by atoms with Gasteiger partial charge in [-0.1, -0.05) is 0 Å². The summed E-state index contributed by atoms with van der Waals surface area (Å²) in [4.78, 5) is 13.1. The number of nitrogens with two attached hydrogens (primary N) is 1. The highest BCUT2D eigenvalue weighted by Gasteiger charge is 2.30. The van der Waals surface area contributed by atoms with E-state index in [0.29, 0.717) is 25.2 Å². The maximum Gasteiger partial charge on any atom is 0.573 e. The van der Waals surface area contributed by atoms with Crippen molar-refractivity contribution < 1.29 is 22.7 Å². The average Bonchev–Trinajstić information content (AvgIpc) is 2.36. The summed E-state index contributed by atoms with van der Waals surface area (Å²) < 4.78 is 39.6. The zero-order valence-corrected chi connectivity index (χ0v) is 10.9. The van der Waals surface area contributed by atoms with Crippen molar-refractivity contribution in [3.05, 3.63) is 24.3 Å². The van der Waals surface area contributed by atoms with E-state index in [2.05, 4.69) is 10.1 Å². The van der Waals surface area contributed by atoms with Gasteiger partial charge in [-0.3, -0.25) is 0 Å². The molecule has 0 aliphatic carbocycles. The van der Waals surface area contributed by atoms with Gasteiger partial charge in [0.05, 0.1) is 0 Å². The largest absolute Gasteiger partial charge is 0.573 e. The van der Waals surface area contributed by atoms with E-state index < -0.39 is 6.36 Å². The smallest absolute Gasteiger partial charge is 0.406 e. The summed E-state index contributed by atoms with van der Waals surface area (Å²) in [5, 5.41) is 2.55. The minimum atomic E-state index is -4.73. The number of anilines is 1. The molecule has 0 heterocycles. The quantitative estimate of drug-likeness (QED) is 0.875. The number of carbonyl (C=O) groups excluding carboxylic acids is 1. The lowest BCUT2D eigenvalue weighted by atomic mass is 10.3. The van der Waals surface area contributed by atoms with Crippen LogP contribution in [0.5, 0.6) is 5.75 Å². The maximum absolute atomic E-state index is 12.0. The number of ether oxygens (including phenoxy) is 1. The van der Waals surface area contributed by atoms with Gasteiger partial charge in [-0.25, -0.2) is 4.79 Å². The minimum absolute atomic E-state index is 0.341. The molecule has 0 aliphatic heterocycles. The average molecular weight is 291 g/mol. The summed E-state index contributed by atoms with van der Waals surface area (Å²) in [6, 6.07) is 4.56. The molecule has 0 radical (unpaired) electrons. The van der Waals surface area contributed by atoms with Crippen molar-refractivity contribution in [2.45, 2.75) is 12.8 Å². The van der Waals surface area contributed by atoms with Gasteiger partial charge >= 0.3 is 12.4 Å². The highest BCUT2D eigenvalue weighted by molar-refractivity contribution is 5.89. The normalized spacial score (nSPS) is 11.1. The fourth-order valence-electron chi connectivity index (χ4n) is 1.39. The van der Waals surface area contributed by atoms with Crippen LogP contribution in [-0.2, 0) is 0 Å². The molecule has 0 saturated heterocycles.